The molecule has 0 radical (unpaired) electrons. The molecule has 0 aliphatic heterocycles. The highest BCUT2D eigenvalue weighted by atomic mass is 35.5. The average molecular weight is 221 g/mol. The third kappa shape index (κ3) is 3.60. The van der Waals surface area contributed by atoms with Gasteiger partial charge >= 0.3 is 0 Å². The summed E-state index contributed by atoms with van der Waals surface area (Å²) in [5, 5.41) is 0. The summed E-state index contributed by atoms with van der Waals surface area (Å²) in [4.78, 5) is 0. The van der Waals surface area contributed by atoms with Crippen molar-refractivity contribution >= 4 is 19.9 Å². The van der Waals surface area contributed by atoms with E-state index in [4.69, 9.17) is 16.0 Å². The second-order valence-corrected chi connectivity index (χ2v) is 9.64. The van der Waals surface area contributed by atoms with Crippen LogP contribution < -0.4 is 0 Å². The fourth-order valence-corrected chi connectivity index (χ4v) is 3.32. The number of hydrogen-bond donors (Lipinski definition) is 0. The summed E-state index contributed by atoms with van der Waals surface area (Å²) in [7, 11) is -1.54. The smallest absolute Gasteiger partial charge is 0.201 e. The van der Waals surface area contributed by atoms with Gasteiger partial charge in [0.15, 0.2) is 0 Å². The van der Waals surface area contributed by atoms with Crippen LogP contribution in [0.5, 0.6) is 0 Å². The van der Waals surface area contributed by atoms with E-state index in [-0.39, 0.29) is 0 Å². The molecule has 1 saturated carbocycles. The molecule has 1 aliphatic carbocycles. The number of hydrogen-bond acceptors (Lipinski definition) is 1. The second kappa shape index (κ2) is 4.81. The van der Waals surface area contributed by atoms with Gasteiger partial charge in [-0.15, -0.1) is 11.6 Å². The Morgan fingerprint density at radius 1 is 1.31 bits per heavy atom. The van der Waals surface area contributed by atoms with Crippen molar-refractivity contribution < 1.29 is 4.43 Å². The van der Waals surface area contributed by atoms with Crippen LogP contribution in [0, 0.1) is 5.92 Å². The molecule has 1 fully saturated rings. The first-order chi connectivity index (χ1) is 6.05. The number of rotatable bonds is 3. The van der Waals surface area contributed by atoms with E-state index in [0.29, 0.717) is 6.10 Å². The van der Waals surface area contributed by atoms with Gasteiger partial charge in [0.25, 0.3) is 0 Å². The predicted octanol–water partition coefficient (Wildman–Crippen LogP) is 3.56. The van der Waals surface area contributed by atoms with E-state index >= 15 is 0 Å². The molecule has 2 atom stereocenters. The first-order valence-electron chi connectivity index (χ1n) is 5.29. The molecular weight excluding hydrogens is 200 g/mol. The maximum Gasteiger partial charge on any atom is 0.201 e. The van der Waals surface area contributed by atoms with E-state index in [9.17, 15) is 0 Å². The summed E-state index contributed by atoms with van der Waals surface area (Å²) in [5.41, 5.74) is 0.718. The third-order valence-corrected chi connectivity index (χ3v) is 6.34. The number of alkyl halides is 1. The van der Waals surface area contributed by atoms with Gasteiger partial charge in [0, 0.05) is 11.6 Å². The molecule has 0 N–H and O–H groups in total. The maximum absolute atomic E-state index is 6.15. The van der Waals surface area contributed by atoms with Crippen molar-refractivity contribution in [2.24, 2.45) is 5.92 Å². The summed E-state index contributed by atoms with van der Waals surface area (Å²) in [6, 6.07) is 0. The Labute approximate surface area is 87.9 Å². The van der Waals surface area contributed by atoms with Crippen molar-refractivity contribution in [1.82, 2.24) is 0 Å². The van der Waals surface area contributed by atoms with Crippen LogP contribution in [-0.4, -0.2) is 19.9 Å². The van der Waals surface area contributed by atoms with Gasteiger partial charge in [-0.05, 0) is 31.9 Å². The van der Waals surface area contributed by atoms with Gasteiger partial charge in [-0.3, -0.25) is 0 Å². The van der Waals surface area contributed by atoms with Crippen LogP contribution in [0.2, 0.25) is 13.1 Å². The predicted molar refractivity (Wildman–Crippen MR) is 60.7 cm³/mol. The normalized spacial score (nSPS) is 30.5. The molecule has 0 aromatic carbocycles. The Balaban J connectivity index is 2.42. The van der Waals surface area contributed by atoms with Gasteiger partial charge in [-0.2, -0.15) is 0 Å². The Kier molecular flexibility index (Phi) is 4.27. The first kappa shape index (κ1) is 11.5. The minimum Gasteiger partial charge on any atom is -0.413 e. The minimum absolute atomic E-state index is 0.495. The minimum atomic E-state index is -1.54. The summed E-state index contributed by atoms with van der Waals surface area (Å²) < 4.78 is 6.15. The molecule has 1 aliphatic rings. The lowest BCUT2D eigenvalue weighted by Gasteiger charge is -2.34. The molecule has 0 heterocycles. The van der Waals surface area contributed by atoms with Crippen LogP contribution in [0.15, 0.2) is 0 Å². The average Bonchev–Trinajstić information content (AvgIpc) is 2.09. The lowest BCUT2D eigenvalue weighted by atomic mass is 9.88. The van der Waals surface area contributed by atoms with E-state index in [1.807, 2.05) is 0 Å². The molecule has 0 aromatic rings. The van der Waals surface area contributed by atoms with Gasteiger partial charge in [-0.1, -0.05) is 19.8 Å². The van der Waals surface area contributed by atoms with Crippen LogP contribution in [-0.2, 0) is 4.43 Å². The van der Waals surface area contributed by atoms with Crippen molar-refractivity contribution in [3.63, 3.8) is 0 Å². The zero-order chi connectivity index (χ0) is 9.90. The van der Waals surface area contributed by atoms with Crippen molar-refractivity contribution in [2.75, 3.05) is 5.50 Å². The topological polar surface area (TPSA) is 9.23 Å². The van der Waals surface area contributed by atoms with Crippen molar-refractivity contribution in [2.45, 2.75) is 51.8 Å². The largest absolute Gasteiger partial charge is 0.413 e. The zero-order valence-electron chi connectivity index (χ0n) is 8.98. The lowest BCUT2D eigenvalue weighted by molar-refractivity contribution is 0.0955. The molecule has 3 heteroatoms. The van der Waals surface area contributed by atoms with Crippen LogP contribution in [0.4, 0.5) is 0 Å². The molecule has 0 saturated heterocycles. The fourth-order valence-electron chi connectivity index (χ4n) is 1.90. The van der Waals surface area contributed by atoms with E-state index in [1.165, 1.54) is 25.7 Å². The Morgan fingerprint density at radius 2 is 1.92 bits per heavy atom. The molecular formula is C10H21ClOSi. The van der Waals surface area contributed by atoms with E-state index in [2.05, 4.69) is 20.0 Å². The van der Waals surface area contributed by atoms with Gasteiger partial charge in [-0.25, -0.2) is 0 Å². The molecule has 0 bridgehead atoms. The standard InChI is InChI=1S/C10H21ClOSi/c1-9-6-4-5-7-10(9)12-13(2,3)8-11/h9-10H,4-8H2,1-3H3. The van der Waals surface area contributed by atoms with Crippen LogP contribution in [0.25, 0.3) is 0 Å². The molecule has 1 nitrogen and oxygen atoms in total. The maximum atomic E-state index is 6.15. The van der Waals surface area contributed by atoms with Crippen LogP contribution in [0.1, 0.15) is 32.6 Å². The highest BCUT2D eigenvalue weighted by molar-refractivity contribution is 6.77. The Bertz CT molecular complexity index is 161. The molecule has 2 unspecified atom stereocenters. The molecule has 78 valence electrons. The molecule has 1 rings (SSSR count). The third-order valence-electron chi connectivity index (χ3n) is 2.83. The Morgan fingerprint density at radius 3 is 2.46 bits per heavy atom. The Hall–Kier alpha value is 0.467. The lowest BCUT2D eigenvalue weighted by Crippen LogP contribution is -2.41. The van der Waals surface area contributed by atoms with E-state index in [0.717, 1.165) is 11.4 Å². The molecule has 0 aromatic heterocycles. The van der Waals surface area contributed by atoms with E-state index < -0.39 is 8.32 Å². The van der Waals surface area contributed by atoms with Gasteiger partial charge in [0.05, 0.1) is 0 Å². The summed E-state index contributed by atoms with van der Waals surface area (Å²) in [5.74, 6) is 0.740. The zero-order valence-corrected chi connectivity index (χ0v) is 10.7. The number of halogens is 1. The monoisotopic (exact) mass is 220 g/mol. The quantitative estimate of drug-likeness (QED) is 0.522. The fraction of sp³-hybridized carbons (Fsp3) is 1.00. The van der Waals surface area contributed by atoms with Crippen molar-refractivity contribution in [1.29, 1.82) is 0 Å². The van der Waals surface area contributed by atoms with Gasteiger partial charge in [0.1, 0.15) is 0 Å². The SMILES string of the molecule is CC1CCCCC1O[Si](C)(C)CCl. The first-order valence-corrected chi connectivity index (χ1v) is 8.94. The van der Waals surface area contributed by atoms with Gasteiger partial charge < -0.3 is 4.43 Å². The highest BCUT2D eigenvalue weighted by Gasteiger charge is 2.30. The highest BCUT2D eigenvalue weighted by Crippen LogP contribution is 2.28. The van der Waals surface area contributed by atoms with Gasteiger partial charge in [0.2, 0.25) is 8.32 Å². The van der Waals surface area contributed by atoms with E-state index in [1.54, 1.807) is 0 Å². The summed E-state index contributed by atoms with van der Waals surface area (Å²) in [6.07, 6.45) is 5.78. The molecule has 13 heavy (non-hydrogen) atoms. The summed E-state index contributed by atoms with van der Waals surface area (Å²) in [6.45, 7) is 6.73. The second-order valence-electron chi connectivity index (χ2n) is 4.81. The summed E-state index contributed by atoms with van der Waals surface area (Å²) >= 11 is 5.90. The molecule has 0 amide bonds. The molecule has 0 spiro atoms. The van der Waals surface area contributed by atoms with Crippen LogP contribution >= 0.6 is 11.6 Å². The van der Waals surface area contributed by atoms with Crippen LogP contribution in [0.3, 0.4) is 0 Å². The van der Waals surface area contributed by atoms with Crippen molar-refractivity contribution in [3.05, 3.63) is 0 Å². The van der Waals surface area contributed by atoms with Crippen molar-refractivity contribution in [3.8, 4) is 0 Å².